The number of carboxylic acids is 1. The van der Waals surface area contributed by atoms with E-state index in [1.807, 2.05) is 0 Å². The minimum Gasteiger partial charge on any atom is -0.481 e. The predicted molar refractivity (Wildman–Crippen MR) is 81.9 cm³/mol. The van der Waals surface area contributed by atoms with E-state index < -0.39 is 35.6 Å². The number of carboxylic acid groups (broad SMARTS) is 1. The van der Waals surface area contributed by atoms with E-state index in [2.05, 4.69) is 11.9 Å². The summed E-state index contributed by atoms with van der Waals surface area (Å²) >= 11 is 0. The van der Waals surface area contributed by atoms with Crippen molar-refractivity contribution in [1.29, 1.82) is 0 Å². The number of hydrogen-bond acceptors (Lipinski definition) is 2. The number of benzene rings is 1. The summed E-state index contributed by atoms with van der Waals surface area (Å²) in [6, 6.07) is 2.09. The number of aliphatic carboxylic acids is 1. The van der Waals surface area contributed by atoms with Crippen molar-refractivity contribution in [2.24, 2.45) is 5.92 Å². The molecule has 0 aliphatic carbocycles. The van der Waals surface area contributed by atoms with Gasteiger partial charge in [-0.1, -0.05) is 25.1 Å². The molecule has 2 unspecified atom stereocenters. The first-order chi connectivity index (χ1) is 10.6. The predicted octanol–water partition coefficient (Wildman–Crippen LogP) is 2.94. The van der Waals surface area contributed by atoms with Crippen molar-refractivity contribution in [3.8, 4) is 0 Å². The molecule has 0 spiro atoms. The van der Waals surface area contributed by atoms with Gasteiger partial charge in [0.25, 0.3) is 0 Å². The number of rotatable bonds is 6. The Morgan fingerprint density at radius 1 is 1.35 bits per heavy atom. The summed E-state index contributed by atoms with van der Waals surface area (Å²) in [7, 11) is 1.45. The minimum absolute atomic E-state index is 0.0157. The van der Waals surface area contributed by atoms with Gasteiger partial charge in [0, 0.05) is 13.6 Å². The standard InChI is InChI=1S/C16H20F2N2O3/c1-9(2)14(11-5-6-12(17)13(18)7-11)19-16(23)20(4)8-10(3)15(21)22/h5-7,10,14H,1,8H2,2-4H3,(H,19,23)(H,21,22). The lowest BCUT2D eigenvalue weighted by Crippen LogP contribution is -2.42. The van der Waals surface area contributed by atoms with Crippen molar-refractivity contribution < 1.29 is 23.5 Å². The highest BCUT2D eigenvalue weighted by atomic mass is 19.2. The largest absolute Gasteiger partial charge is 0.481 e. The van der Waals surface area contributed by atoms with E-state index in [1.165, 1.54) is 24.9 Å². The molecule has 126 valence electrons. The molecule has 2 amide bonds. The molecule has 0 aromatic heterocycles. The van der Waals surface area contributed by atoms with Crippen LogP contribution < -0.4 is 5.32 Å². The second kappa shape index (κ2) is 7.71. The molecule has 0 aliphatic heterocycles. The third-order valence-corrected chi connectivity index (χ3v) is 3.35. The van der Waals surface area contributed by atoms with E-state index in [1.54, 1.807) is 6.92 Å². The van der Waals surface area contributed by atoms with Crippen LogP contribution in [-0.4, -0.2) is 35.6 Å². The van der Waals surface area contributed by atoms with Crippen molar-refractivity contribution >= 4 is 12.0 Å². The van der Waals surface area contributed by atoms with Crippen LogP contribution in [0.5, 0.6) is 0 Å². The number of nitrogens with one attached hydrogen (secondary N) is 1. The summed E-state index contributed by atoms with van der Waals surface area (Å²) in [5, 5.41) is 11.5. The molecule has 1 aromatic carbocycles. The average molecular weight is 326 g/mol. The van der Waals surface area contributed by atoms with E-state index in [4.69, 9.17) is 5.11 Å². The van der Waals surface area contributed by atoms with Crippen molar-refractivity contribution in [3.63, 3.8) is 0 Å². The molecule has 0 radical (unpaired) electrons. The first-order valence-electron chi connectivity index (χ1n) is 6.98. The van der Waals surface area contributed by atoms with Gasteiger partial charge in [-0.2, -0.15) is 0 Å². The van der Waals surface area contributed by atoms with Gasteiger partial charge in [0.15, 0.2) is 11.6 Å². The fraction of sp³-hybridized carbons (Fsp3) is 0.375. The number of amides is 2. The summed E-state index contributed by atoms with van der Waals surface area (Å²) in [5.74, 6) is -3.73. The molecule has 0 saturated carbocycles. The Balaban J connectivity index is 2.87. The molecule has 1 aromatic rings. The third kappa shape index (κ3) is 5.05. The molecule has 0 aliphatic rings. The molecule has 0 bridgehead atoms. The maximum atomic E-state index is 13.4. The molecular formula is C16H20F2N2O3. The zero-order chi connectivity index (χ0) is 17.7. The van der Waals surface area contributed by atoms with Crippen molar-refractivity contribution in [2.45, 2.75) is 19.9 Å². The fourth-order valence-electron chi connectivity index (χ4n) is 1.99. The highest BCUT2D eigenvalue weighted by molar-refractivity contribution is 5.76. The average Bonchev–Trinajstić information content (AvgIpc) is 2.46. The van der Waals surface area contributed by atoms with E-state index in [0.717, 1.165) is 12.1 Å². The van der Waals surface area contributed by atoms with Gasteiger partial charge in [-0.15, -0.1) is 0 Å². The highest BCUT2D eigenvalue weighted by Gasteiger charge is 2.21. The van der Waals surface area contributed by atoms with E-state index >= 15 is 0 Å². The summed E-state index contributed by atoms with van der Waals surface area (Å²) in [5.41, 5.74) is 0.883. The Morgan fingerprint density at radius 3 is 2.43 bits per heavy atom. The number of carbonyl (C=O) groups excluding carboxylic acids is 1. The lowest BCUT2D eigenvalue weighted by atomic mass is 10.0. The van der Waals surface area contributed by atoms with Crippen LogP contribution in [0, 0.1) is 17.6 Å². The quantitative estimate of drug-likeness (QED) is 0.790. The van der Waals surface area contributed by atoms with Gasteiger partial charge in [0.05, 0.1) is 12.0 Å². The van der Waals surface area contributed by atoms with Crippen LogP contribution in [-0.2, 0) is 4.79 Å². The van der Waals surface area contributed by atoms with Crippen LogP contribution in [0.2, 0.25) is 0 Å². The number of hydrogen-bond donors (Lipinski definition) is 2. The summed E-state index contributed by atoms with van der Waals surface area (Å²) in [6.07, 6.45) is 0. The van der Waals surface area contributed by atoms with Crippen molar-refractivity contribution in [2.75, 3.05) is 13.6 Å². The first-order valence-corrected chi connectivity index (χ1v) is 6.98. The van der Waals surface area contributed by atoms with Gasteiger partial charge < -0.3 is 15.3 Å². The lowest BCUT2D eigenvalue weighted by Gasteiger charge is -2.25. The SMILES string of the molecule is C=C(C)C(NC(=O)N(C)CC(C)C(=O)O)c1ccc(F)c(F)c1. The van der Waals surface area contributed by atoms with Gasteiger partial charge in [0.1, 0.15) is 0 Å². The normalized spacial score (nSPS) is 13.1. The summed E-state index contributed by atoms with van der Waals surface area (Å²) in [4.78, 5) is 24.2. The van der Waals surface area contributed by atoms with E-state index in [0.29, 0.717) is 11.1 Å². The Kier molecular flexibility index (Phi) is 6.24. The minimum atomic E-state index is -1.02. The number of carbonyl (C=O) groups is 2. The second-order valence-corrected chi connectivity index (χ2v) is 5.52. The molecule has 7 heteroatoms. The van der Waals surface area contributed by atoms with Crippen LogP contribution in [0.1, 0.15) is 25.5 Å². The third-order valence-electron chi connectivity index (χ3n) is 3.35. The van der Waals surface area contributed by atoms with Gasteiger partial charge in [-0.25, -0.2) is 13.6 Å². The topological polar surface area (TPSA) is 69.6 Å². The first kappa shape index (κ1) is 18.6. The van der Waals surface area contributed by atoms with Gasteiger partial charge >= 0.3 is 12.0 Å². The van der Waals surface area contributed by atoms with Gasteiger partial charge in [-0.05, 0) is 24.6 Å². The van der Waals surface area contributed by atoms with Crippen LogP contribution in [0.15, 0.2) is 30.4 Å². The highest BCUT2D eigenvalue weighted by Crippen LogP contribution is 2.22. The molecule has 2 atom stereocenters. The lowest BCUT2D eigenvalue weighted by molar-refractivity contribution is -0.141. The molecule has 5 nitrogen and oxygen atoms in total. The fourth-order valence-corrected chi connectivity index (χ4v) is 1.99. The zero-order valence-electron chi connectivity index (χ0n) is 13.3. The van der Waals surface area contributed by atoms with E-state index in [-0.39, 0.29) is 6.54 Å². The number of nitrogens with zero attached hydrogens (tertiary/aromatic N) is 1. The Morgan fingerprint density at radius 2 is 1.96 bits per heavy atom. The molecule has 23 heavy (non-hydrogen) atoms. The zero-order valence-corrected chi connectivity index (χ0v) is 13.3. The molecule has 2 N–H and O–H groups in total. The Bertz CT molecular complexity index is 619. The van der Waals surface area contributed by atoms with E-state index in [9.17, 15) is 18.4 Å². The van der Waals surface area contributed by atoms with Crippen molar-refractivity contribution in [3.05, 3.63) is 47.5 Å². The van der Waals surface area contributed by atoms with Crippen molar-refractivity contribution in [1.82, 2.24) is 10.2 Å². The molecule has 0 heterocycles. The molecular weight excluding hydrogens is 306 g/mol. The monoisotopic (exact) mass is 326 g/mol. The van der Waals surface area contributed by atoms with Crippen LogP contribution >= 0.6 is 0 Å². The number of halogens is 2. The maximum absolute atomic E-state index is 13.4. The summed E-state index contributed by atoms with van der Waals surface area (Å²) < 4.78 is 26.4. The van der Waals surface area contributed by atoms with Crippen LogP contribution in [0.25, 0.3) is 0 Å². The second-order valence-electron chi connectivity index (χ2n) is 5.52. The smallest absolute Gasteiger partial charge is 0.317 e. The van der Waals surface area contributed by atoms with Crippen LogP contribution in [0.3, 0.4) is 0 Å². The Hall–Kier alpha value is -2.44. The summed E-state index contributed by atoms with van der Waals surface area (Å²) in [6.45, 7) is 6.89. The molecule has 0 fully saturated rings. The van der Waals surface area contributed by atoms with Gasteiger partial charge in [0.2, 0.25) is 0 Å². The molecule has 0 saturated heterocycles. The van der Waals surface area contributed by atoms with Gasteiger partial charge in [-0.3, -0.25) is 4.79 Å². The Labute approximate surface area is 133 Å². The maximum Gasteiger partial charge on any atom is 0.317 e. The number of urea groups is 1. The van der Waals surface area contributed by atoms with Crippen LogP contribution in [0.4, 0.5) is 13.6 Å². The molecule has 1 rings (SSSR count).